The molecule has 0 unspecified atom stereocenters. The predicted octanol–water partition coefficient (Wildman–Crippen LogP) is 2.16. The van der Waals surface area contributed by atoms with Gasteiger partial charge in [-0.25, -0.2) is 8.42 Å². The molecule has 2 aromatic carbocycles. The second-order valence-electron chi connectivity index (χ2n) is 6.06. The molecule has 142 valence electrons. The van der Waals surface area contributed by atoms with Gasteiger partial charge in [0, 0.05) is 18.3 Å². The molecule has 0 saturated carbocycles. The first-order valence-corrected chi connectivity index (χ1v) is 10.2. The third-order valence-electron chi connectivity index (χ3n) is 3.79. The number of carbonyl (C=O) groups excluding carboxylic acids is 1. The predicted molar refractivity (Wildman–Crippen MR) is 103 cm³/mol. The molecule has 7 nitrogen and oxygen atoms in total. The minimum absolute atomic E-state index is 0.200. The molecule has 0 saturated heterocycles. The van der Waals surface area contributed by atoms with E-state index in [1.807, 2.05) is 18.2 Å². The van der Waals surface area contributed by atoms with Gasteiger partial charge in [-0.3, -0.25) is 9.52 Å². The molecule has 1 aliphatic heterocycles. The summed E-state index contributed by atoms with van der Waals surface area (Å²) in [6, 6.07) is 12.4. The topological polar surface area (TPSA) is 93.7 Å². The lowest BCUT2D eigenvalue weighted by atomic mass is 10.1. The maximum absolute atomic E-state index is 11.9. The number of hydrogen-bond donors (Lipinski definition) is 2. The van der Waals surface area contributed by atoms with Gasteiger partial charge in [0.2, 0.25) is 22.7 Å². The van der Waals surface area contributed by atoms with Crippen LogP contribution >= 0.6 is 0 Å². The Labute approximate surface area is 158 Å². The summed E-state index contributed by atoms with van der Waals surface area (Å²) in [7, 11) is -3.30. The Morgan fingerprint density at radius 2 is 1.85 bits per heavy atom. The highest BCUT2D eigenvalue weighted by atomic mass is 32.2. The van der Waals surface area contributed by atoms with Crippen LogP contribution in [0, 0.1) is 0 Å². The van der Waals surface area contributed by atoms with Crippen LogP contribution in [-0.2, 0) is 21.2 Å². The number of fused-ring (bicyclic) bond motifs is 1. The number of ether oxygens (including phenoxy) is 2. The lowest BCUT2D eigenvalue weighted by Crippen LogP contribution is -2.23. The van der Waals surface area contributed by atoms with Gasteiger partial charge in [-0.15, -0.1) is 0 Å². The molecule has 0 spiro atoms. The third kappa shape index (κ3) is 5.75. The van der Waals surface area contributed by atoms with Crippen molar-refractivity contribution in [2.24, 2.45) is 0 Å². The molecular formula is C19H20N2O5S. The maximum atomic E-state index is 11.9. The van der Waals surface area contributed by atoms with Crippen LogP contribution in [0.4, 0.5) is 5.69 Å². The van der Waals surface area contributed by atoms with Crippen molar-refractivity contribution in [3.05, 3.63) is 59.7 Å². The van der Waals surface area contributed by atoms with Crippen LogP contribution in [0.2, 0.25) is 0 Å². The highest BCUT2D eigenvalue weighted by molar-refractivity contribution is 7.92. The van der Waals surface area contributed by atoms with Crippen LogP contribution < -0.4 is 19.5 Å². The Morgan fingerprint density at radius 3 is 2.59 bits per heavy atom. The van der Waals surface area contributed by atoms with Crippen LogP contribution in [0.3, 0.4) is 0 Å². The van der Waals surface area contributed by atoms with Crippen LogP contribution in [-0.4, -0.2) is 33.9 Å². The fraction of sp³-hybridized carbons (Fsp3) is 0.211. The molecule has 0 fully saturated rings. The molecule has 1 amide bonds. The number of rotatable bonds is 7. The van der Waals surface area contributed by atoms with E-state index in [0.29, 0.717) is 18.7 Å². The van der Waals surface area contributed by atoms with Crippen LogP contribution in [0.1, 0.15) is 11.1 Å². The van der Waals surface area contributed by atoms with Gasteiger partial charge in [0.25, 0.3) is 0 Å². The van der Waals surface area contributed by atoms with Crippen molar-refractivity contribution in [3.63, 3.8) is 0 Å². The van der Waals surface area contributed by atoms with E-state index in [2.05, 4.69) is 10.0 Å². The highest BCUT2D eigenvalue weighted by Crippen LogP contribution is 2.32. The van der Waals surface area contributed by atoms with Crippen molar-refractivity contribution in [3.8, 4) is 11.5 Å². The first-order valence-electron chi connectivity index (χ1n) is 8.31. The van der Waals surface area contributed by atoms with E-state index in [9.17, 15) is 13.2 Å². The van der Waals surface area contributed by atoms with E-state index in [1.54, 1.807) is 30.3 Å². The summed E-state index contributed by atoms with van der Waals surface area (Å²) in [4.78, 5) is 11.9. The molecule has 3 rings (SSSR count). The lowest BCUT2D eigenvalue weighted by molar-refractivity contribution is -0.116. The monoisotopic (exact) mass is 388 g/mol. The van der Waals surface area contributed by atoms with Gasteiger partial charge < -0.3 is 14.8 Å². The van der Waals surface area contributed by atoms with E-state index < -0.39 is 10.0 Å². The van der Waals surface area contributed by atoms with Crippen molar-refractivity contribution in [2.75, 3.05) is 24.3 Å². The van der Waals surface area contributed by atoms with Crippen molar-refractivity contribution >= 4 is 27.7 Å². The fourth-order valence-corrected chi connectivity index (χ4v) is 3.10. The zero-order valence-corrected chi connectivity index (χ0v) is 15.6. The summed E-state index contributed by atoms with van der Waals surface area (Å²) in [5.41, 5.74) is 2.32. The Bertz CT molecular complexity index is 953. The minimum Gasteiger partial charge on any atom is -0.454 e. The van der Waals surface area contributed by atoms with E-state index in [1.165, 1.54) is 6.08 Å². The Morgan fingerprint density at radius 1 is 1.11 bits per heavy atom. The number of benzene rings is 2. The standard InChI is InChI=1S/C19H20N2O5S/c1-27(23,24)21-16-6-2-14(3-7-16)5-9-19(22)20-11-10-15-4-8-17-18(12-15)26-13-25-17/h2-9,12,21H,10-11,13H2,1H3,(H,20,22)/b9-5+. The summed E-state index contributed by atoms with van der Waals surface area (Å²) in [5.74, 6) is 1.27. The van der Waals surface area contributed by atoms with Crippen molar-refractivity contribution in [1.29, 1.82) is 0 Å². The van der Waals surface area contributed by atoms with E-state index >= 15 is 0 Å². The zero-order valence-electron chi connectivity index (χ0n) is 14.8. The molecule has 0 atom stereocenters. The Hall–Kier alpha value is -3.00. The molecule has 8 heteroatoms. The molecule has 0 aromatic heterocycles. The average Bonchev–Trinajstić information content (AvgIpc) is 3.07. The minimum atomic E-state index is -3.30. The molecule has 2 N–H and O–H groups in total. The number of nitrogens with one attached hydrogen (secondary N) is 2. The maximum Gasteiger partial charge on any atom is 0.244 e. The third-order valence-corrected chi connectivity index (χ3v) is 4.40. The SMILES string of the molecule is CS(=O)(=O)Nc1ccc(/C=C/C(=O)NCCc2ccc3c(c2)OCO3)cc1. The largest absolute Gasteiger partial charge is 0.454 e. The summed E-state index contributed by atoms with van der Waals surface area (Å²) in [5, 5.41) is 2.82. The number of amides is 1. The van der Waals surface area contributed by atoms with Gasteiger partial charge in [-0.05, 0) is 47.9 Å². The van der Waals surface area contributed by atoms with Crippen LogP contribution in [0.15, 0.2) is 48.5 Å². The van der Waals surface area contributed by atoms with E-state index in [4.69, 9.17) is 9.47 Å². The second kappa shape index (κ2) is 8.13. The molecular weight excluding hydrogens is 368 g/mol. The van der Waals surface area contributed by atoms with Gasteiger partial charge in [0.1, 0.15) is 0 Å². The highest BCUT2D eigenvalue weighted by Gasteiger charge is 2.12. The molecule has 0 radical (unpaired) electrons. The van der Waals surface area contributed by atoms with Crippen LogP contribution in [0.25, 0.3) is 6.08 Å². The molecule has 0 aliphatic carbocycles. The Kier molecular flexibility index (Phi) is 5.66. The van der Waals surface area contributed by atoms with Crippen molar-refractivity contribution in [2.45, 2.75) is 6.42 Å². The smallest absolute Gasteiger partial charge is 0.244 e. The van der Waals surface area contributed by atoms with E-state index in [-0.39, 0.29) is 12.7 Å². The Balaban J connectivity index is 1.46. The van der Waals surface area contributed by atoms with E-state index in [0.717, 1.165) is 28.9 Å². The molecule has 1 aliphatic rings. The van der Waals surface area contributed by atoms with Crippen LogP contribution in [0.5, 0.6) is 11.5 Å². The quantitative estimate of drug-likeness (QED) is 0.709. The first-order chi connectivity index (χ1) is 12.9. The average molecular weight is 388 g/mol. The number of anilines is 1. The zero-order chi connectivity index (χ0) is 19.3. The normalized spacial score (nSPS) is 12.9. The van der Waals surface area contributed by atoms with Crippen molar-refractivity contribution < 1.29 is 22.7 Å². The number of carbonyl (C=O) groups is 1. The van der Waals surface area contributed by atoms with Gasteiger partial charge in [0.15, 0.2) is 11.5 Å². The van der Waals surface area contributed by atoms with Crippen molar-refractivity contribution in [1.82, 2.24) is 5.32 Å². The summed E-state index contributed by atoms with van der Waals surface area (Å²) in [6.45, 7) is 0.742. The second-order valence-corrected chi connectivity index (χ2v) is 7.81. The number of hydrogen-bond acceptors (Lipinski definition) is 5. The summed E-state index contributed by atoms with van der Waals surface area (Å²) >= 11 is 0. The molecule has 2 aromatic rings. The number of sulfonamides is 1. The van der Waals surface area contributed by atoms with Gasteiger partial charge >= 0.3 is 0 Å². The summed E-state index contributed by atoms with van der Waals surface area (Å²) < 4.78 is 35.3. The molecule has 27 heavy (non-hydrogen) atoms. The molecule has 1 heterocycles. The molecule has 0 bridgehead atoms. The summed E-state index contributed by atoms with van der Waals surface area (Å²) in [6.07, 6.45) is 4.88. The van der Waals surface area contributed by atoms with Gasteiger partial charge in [-0.1, -0.05) is 18.2 Å². The van der Waals surface area contributed by atoms with Gasteiger partial charge in [0.05, 0.1) is 6.26 Å². The lowest BCUT2D eigenvalue weighted by Gasteiger charge is -2.05. The first kappa shape index (κ1) is 18.8. The fourth-order valence-electron chi connectivity index (χ4n) is 2.53. The van der Waals surface area contributed by atoms with Gasteiger partial charge in [-0.2, -0.15) is 0 Å².